The second kappa shape index (κ2) is 5.45. The third-order valence-corrected chi connectivity index (χ3v) is 2.21. The van der Waals surface area contributed by atoms with Gasteiger partial charge in [-0.2, -0.15) is 0 Å². The molecular formula is C11H15ClFNO. The van der Waals surface area contributed by atoms with E-state index in [-0.39, 0.29) is 11.9 Å². The summed E-state index contributed by atoms with van der Waals surface area (Å²) in [5, 5.41) is 0.369. The molecule has 0 aliphatic carbocycles. The Labute approximate surface area is 94.2 Å². The summed E-state index contributed by atoms with van der Waals surface area (Å²) in [5.41, 5.74) is 6.22. The van der Waals surface area contributed by atoms with Crippen LogP contribution >= 0.6 is 11.6 Å². The molecule has 0 radical (unpaired) electrons. The van der Waals surface area contributed by atoms with Gasteiger partial charge >= 0.3 is 0 Å². The van der Waals surface area contributed by atoms with Crippen LogP contribution in [-0.2, 0) is 4.74 Å². The molecule has 0 saturated heterocycles. The minimum atomic E-state index is -0.454. The summed E-state index contributed by atoms with van der Waals surface area (Å²) in [6.07, 6.45) is 0.0893. The molecule has 0 fully saturated rings. The quantitative estimate of drug-likeness (QED) is 0.865. The first-order valence-corrected chi connectivity index (χ1v) is 5.20. The van der Waals surface area contributed by atoms with Crippen LogP contribution in [0.1, 0.15) is 25.5 Å². The molecule has 0 heterocycles. The normalized spacial score (nSPS) is 13.2. The Morgan fingerprint density at radius 2 is 2.13 bits per heavy atom. The van der Waals surface area contributed by atoms with E-state index in [0.29, 0.717) is 17.2 Å². The fourth-order valence-electron chi connectivity index (χ4n) is 1.19. The lowest BCUT2D eigenvalue weighted by Gasteiger charge is -2.15. The number of hydrogen-bond acceptors (Lipinski definition) is 2. The summed E-state index contributed by atoms with van der Waals surface area (Å²) in [5.74, 6) is -0.387. The van der Waals surface area contributed by atoms with E-state index in [1.807, 2.05) is 13.8 Å². The monoisotopic (exact) mass is 231 g/mol. The van der Waals surface area contributed by atoms with Gasteiger partial charge in [-0.3, -0.25) is 0 Å². The minimum Gasteiger partial charge on any atom is -0.377 e. The molecule has 1 aromatic rings. The Morgan fingerprint density at radius 1 is 1.47 bits per heavy atom. The van der Waals surface area contributed by atoms with E-state index in [0.717, 1.165) is 0 Å². The van der Waals surface area contributed by atoms with E-state index in [9.17, 15) is 4.39 Å². The first-order valence-electron chi connectivity index (χ1n) is 4.83. The van der Waals surface area contributed by atoms with Crippen molar-refractivity contribution in [3.8, 4) is 0 Å². The highest BCUT2D eigenvalue weighted by Crippen LogP contribution is 2.19. The molecule has 84 valence electrons. The van der Waals surface area contributed by atoms with Gasteiger partial charge in [0.2, 0.25) is 0 Å². The van der Waals surface area contributed by atoms with Gasteiger partial charge in [0, 0.05) is 10.6 Å². The molecule has 0 aliphatic heterocycles. The zero-order chi connectivity index (χ0) is 11.4. The zero-order valence-electron chi connectivity index (χ0n) is 8.84. The topological polar surface area (TPSA) is 35.2 Å². The predicted molar refractivity (Wildman–Crippen MR) is 59.4 cm³/mol. The summed E-state index contributed by atoms with van der Waals surface area (Å²) < 4.78 is 18.7. The van der Waals surface area contributed by atoms with Crippen molar-refractivity contribution in [2.75, 3.05) is 6.61 Å². The molecule has 0 aliphatic rings. The highest BCUT2D eigenvalue weighted by atomic mass is 35.5. The number of halogens is 2. The van der Waals surface area contributed by atoms with Crippen molar-refractivity contribution in [2.24, 2.45) is 5.73 Å². The fourth-order valence-corrected chi connectivity index (χ4v) is 1.35. The van der Waals surface area contributed by atoms with Gasteiger partial charge in [0.25, 0.3) is 0 Å². The van der Waals surface area contributed by atoms with Gasteiger partial charge in [-0.15, -0.1) is 0 Å². The predicted octanol–water partition coefficient (Wildman–Crippen LogP) is 2.90. The molecule has 0 saturated carbocycles. The Bertz CT molecular complexity index is 330. The molecular weight excluding hydrogens is 217 g/mol. The van der Waals surface area contributed by atoms with Crippen LogP contribution in [-0.4, -0.2) is 12.7 Å². The van der Waals surface area contributed by atoms with Gasteiger partial charge in [-0.1, -0.05) is 17.7 Å². The lowest BCUT2D eigenvalue weighted by atomic mass is 10.1. The smallest absolute Gasteiger partial charge is 0.129 e. The molecule has 4 heteroatoms. The molecule has 0 bridgehead atoms. The van der Waals surface area contributed by atoms with Crippen LogP contribution in [0.15, 0.2) is 18.2 Å². The second-order valence-electron chi connectivity index (χ2n) is 3.65. The first kappa shape index (κ1) is 12.4. The summed E-state index contributed by atoms with van der Waals surface area (Å²) >= 11 is 5.64. The first-order chi connectivity index (χ1) is 7.00. The molecule has 15 heavy (non-hydrogen) atoms. The highest BCUT2D eigenvalue weighted by Gasteiger charge is 2.12. The highest BCUT2D eigenvalue weighted by molar-refractivity contribution is 6.30. The maximum atomic E-state index is 13.4. The van der Waals surface area contributed by atoms with Gasteiger partial charge in [0.15, 0.2) is 0 Å². The third kappa shape index (κ3) is 3.78. The summed E-state index contributed by atoms with van der Waals surface area (Å²) in [4.78, 5) is 0. The third-order valence-electron chi connectivity index (χ3n) is 1.97. The number of ether oxygens (including phenoxy) is 1. The van der Waals surface area contributed by atoms with Crippen LogP contribution in [0.25, 0.3) is 0 Å². The number of benzene rings is 1. The Morgan fingerprint density at radius 3 is 2.67 bits per heavy atom. The van der Waals surface area contributed by atoms with E-state index in [2.05, 4.69) is 0 Å². The molecule has 1 unspecified atom stereocenters. The minimum absolute atomic E-state index is 0.0893. The largest absolute Gasteiger partial charge is 0.377 e. The molecule has 2 nitrogen and oxygen atoms in total. The lowest BCUT2D eigenvalue weighted by molar-refractivity contribution is 0.0677. The summed E-state index contributed by atoms with van der Waals surface area (Å²) in [7, 11) is 0. The molecule has 1 atom stereocenters. The van der Waals surface area contributed by atoms with Crippen molar-refractivity contribution in [3.05, 3.63) is 34.6 Å². The SMILES string of the molecule is CC(C)OCC(N)c1ccc(Cl)cc1F. The molecule has 1 rings (SSSR count). The number of nitrogens with two attached hydrogens (primary N) is 1. The Balaban J connectivity index is 2.69. The average molecular weight is 232 g/mol. The second-order valence-corrected chi connectivity index (χ2v) is 4.09. The molecule has 0 amide bonds. The van der Waals surface area contributed by atoms with Gasteiger partial charge in [-0.05, 0) is 26.0 Å². The van der Waals surface area contributed by atoms with Crippen molar-refractivity contribution in [3.63, 3.8) is 0 Å². The van der Waals surface area contributed by atoms with Crippen molar-refractivity contribution in [1.29, 1.82) is 0 Å². The van der Waals surface area contributed by atoms with Crippen LogP contribution in [0.5, 0.6) is 0 Å². The van der Waals surface area contributed by atoms with Crippen LogP contribution in [0, 0.1) is 5.82 Å². The van der Waals surface area contributed by atoms with Crippen molar-refractivity contribution in [1.82, 2.24) is 0 Å². The van der Waals surface area contributed by atoms with E-state index in [1.165, 1.54) is 6.07 Å². The van der Waals surface area contributed by atoms with Gasteiger partial charge in [-0.25, -0.2) is 4.39 Å². The lowest BCUT2D eigenvalue weighted by Crippen LogP contribution is -2.20. The van der Waals surface area contributed by atoms with E-state index < -0.39 is 6.04 Å². The van der Waals surface area contributed by atoms with Crippen LogP contribution in [0.2, 0.25) is 5.02 Å². The van der Waals surface area contributed by atoms with Crippen LogP contribution in [0.4, 0.5) is 4.39 Å². The summed E-state index contributed by atoms with van der Waals surface area (Å²) in [6.45, 7) is 4.12. The van der Waals surface area contributed by atoms with Gasteiger partial charge < -0.3 is 10.5 Å². The summed E-state index contributed by atoms with van der Waals surface area (Å²) in [6, 6.07) is 4.01. The zero-order valence-corrected chi connectivity index (χ0v) is 9.59. The van der Waals surface area contributed by atoms with E-state index in [4.69, 9.17) is 22.1 Å². The molecule has 0 aromatic heterocycles. The fraction of sp³-hybridized carbons (Fsp3) is 0.455. The Hall–Kier alpha value is -0.640. The number of hydrogen-bond donors (Lipinski definition) is 1. The Kier molecular flexibility index (Phi) is 4.51. The van der Waals surface area contributed by atoms with E-state index in [1.54, 1.807) is 12.1 Å². The van der Waals surface area contributed by atoms with E-state index >= 15 is 0 Å². The van der Waals surface area contributed by atoms with Crippen LogP contribution < -0.4 is 5.73 Å². The molecule has 2 N–H and O–H groups in total. The average Bonchev–Trinajstić information content (AvgIpc) is 2.14. The van der Waals surface area contributed by atoms with Gasteiger partial charge in [0.1, 0.15) is 5.82 Å². The van der Waals surface area contributed by atoms with Crippen molar-refractivity contribution >= 4 is 11.6 Å². The van der Waals surface area contributed by atoms with Gasteiger partial charge in [0.05, 0.1) is 18.8 Å². The number of rotatable bonds is 4. The molecule has 1 aromatic carbocycles. The van der Waals surface area contributed by atoms with Crippen molar-refractivity contribution < 1.29 is 9.13 Å². The standard InChI is InChI=1S/C11H15ClFNO/c1-7(2)15-6-11(14)9-4-3-8(12)5-10(9)13/h3-5,7,11H,6,14H2,1-2H3. The molecule has 0 spiro atoms. The maximum absolute atomic E-state index is 13.4. The maximum Gasteiger partial charge on any atom is 0.129 e. The van der Waals surface area contributed by atoms with Crippen molar-refractivity contribution in [2.45, 2.75) is 26.0 Å². The van der Waals surface area contributed by atoms with Crippen LogP contribution in [0.3, 0.4) is 0 Å².